The van der Waals surface area contributed by atoms with E-state index >= 15 is 0 Å². The van der Waals surface area contributed by atoms with E-state index in [1.807, 2.05) is 0 Å². The Morgan fingerprint density at radius 2 is 2.14 bits per heavy atom. The quantitative estimate of drug-likeness (QED) is 0.921. The van der Waals surface area contributed by atoms with Crippen LogP contribution in [0.3, 0.4) is 0 Å². The van der Waals surface area contributed by atoms with Crippen LogP contribution in [0.2, 0.25) is 5.02 Å². The molecule has 7 heteroatoms. The summed E-state index contributed by atoms with van der Waals surface area (Å²) in [4.78, 5) is 25.7. The van der Waals surface area contributed by atoms with Crippen molar-refractivity contribution in [1.82, 2.24) is 4.90 Å². The number of piperidine rings is 1. The zero-order valence-electron chi connectivity index (χ0n) is 12.0. The van der Waals surface area contributed by atoms with Crippen LogP contribution in [-0.2, 0) is 4.79 Å². The number of likely N-dealkylation sites (tertiary alicyclic amines) is 1. The van der Waals surface area contributed by atoms with Crippen LogP contribution >= 0.6 is 11.6 Å². The maximum absolute atomic E-state index is 12.8. The Balaban J connectivity index is 1.86. The van der Waals surface area contributed by atoms with Crippen molar-refractivity contribution in [2.45, 2.75) is 31.7 Å². The summed E-state index contributed by atoms with van der Waals surface area (Å²) < 4.78 is 10.5. The second kappa shape index (κ2) is 6.04. The van der Waals surface area contributed by atoms with E-state index in [9.17, 15) is 9.59 Å². The van der Waals surface area contributed by atoms with Crippen molar-refractivity contribution in [1.29, 1.82) is 0 Å². The third-order valence-electron chi connectivity index (χ3n) is 4.00. The summed E-state index contributed by atoms with van der Waals surface area (Å²) in [7, 11) is 0. The number of primary amides is 1. The standard InChI is InChI=1S/C15H17ClN2O4/c16-11-5-9(6-12-14(11)22-8-21-12)15(20)18-4-2-1-3-10(18)7-13(17)19/h5-6,10H,1-4,7-8H2,(H2,17,19)/t10-/m0/s1. The Morgan fingerprint density at radius 3 is 2.91 bits per heavy atom. The fourth-order valence-corrected chi connectivity index (χ4v) is 3.23. The number of amides is 2. The van der Waals surface area contributed by atoms with Gasteiger partial charge in [0.2, 0.25) is 12.7 Å². The molecule has 0 aromatic heterocycles. The number of hydrogen-bond donors (Lipinski definition) is 1. The lowest BCUT2D eigenvalue weighted by Gasteiger charge is -2.35. The molecule has 0 unspecified atom stereocenters. The van der Waals surface area contributed by atoms with E-state index in [0.29, 0.717) is 28.6 Å². The van der Waals surface area contributed by atoms with E-state index in [1.54, 1.807) is 17.0 Å². The lowest BCUT2D eigenvalue weighted by molar-refractivity contribution is -0.119. The lowest BCUT2D eigenvalue weighted by atomic mass is 9.98. The molecule has 1 aromatic rings. The van der Waals surface area contributed by atoms with Gasteiger partial charge in [0.1, 0.15) is 0 Å². The first kappa shape index (κ1) is 15.0. The van der Waals surface area contributed by atoms with Gasteiger partial charge < -0.3 is 20.1 Å². The molecule has 0 radical (unpaired) electrons. The molecule has 22 heavy (non-hydrogen) atoms. The molecular weight excluding hydrogens is 308 g/mol. The van der Waals surface area contributed by atoms with Crippen molar-refractivity contribution in [2.24, 2.45) is 5.73 Å². The topological polar surface area (TPSA) is 81.9 Å². The van der Waals surface area contributed by atoms with E-state index in [4.69, 9.17) is 26.8 Å². The average Bonchev–Trinajstić information content (AvgIpc) is 2.95. The molecule has 2 heterocycles. The van der Waals surface area contributed by atoms with Crippen LogP contribution in [0.5, 0.6) is 11.5 Å². The normalized spacial score (nSPS) is 20.0. The molecule has 0 bridgehead atoms. The fraction of sp³-hybridized carbons (Fsp3) is 0.467. The van der Waals surface area contributed by atoms with Crippen molar-refractivity contribution in [3.8, 4) is 11.5 Å². The number of benzene rings is 1. The van der Waals surface area contributed by atoms with Gasteiger partial charge in [-0.3, -0.25) is 9.59 Å². The van der Waals surface area contributed by atoms with Crippen LogP contribution in [0, 0.1) is 0 Å². The third-order valence-corrected chi connectivity index (χ3v) is 4.28. The second-order valence-corrected chi connectivity index (χ2v) is 5.92. The zero-order valence-corrected chi connectivity index (χ0v) is 12.8. The predicted octanol–water partition coefficient (Wildman–Crippen LogP) is 1.94. The minimum Gasteiger partial charge on any atom is -0.454 e. The first-order valence-corrected chi connectivity index (χ1v) is 7.62. The molecule has 2 aliphatic rings. The van der Waals surface area contributed by atoms with Crippen molar-refractivity contribution < 1.29 is 19.1 Å². The van der Waals surface area contributed by atoms with E-state index in [2.05, 4.69) is 0 Å². The Labute approximate surface area is 133 Å². The molecule has 2 N–H and O–H groups in total. The molecule has 0 saturated carbocycles. The van der Waals surface area contributed by atoms with E-state index in [0.717, 1.165) is 19.3 Å². The zero-order chi connectivity index (χ0) is 15.7. The van der Waals surface area contributed by atoms with Crippen LogP contribution in [-0.4, -0.2) is 36.1 Å². The van der Waals surface area contributed by atoms with Crippen LogP contribution in [0.15, 0.2) is 12.1 Å². The van der Waals surface area contributed by atoms with Gasteiger partial charge in [-0.05, 0) is 31.4 Å². The van der Waals surface area contributed by atoms with Gasteiger partial charge in [0, 0.05) is 24.6 Å². The number of nitrogens with zero attached hydrogens (tertiary/aromatic N) is 1. The van der Waals surface area contributed by atoms with Crippen LogP contribution in [0.4, 0.5) is 0 Å². The molecule has 2 amide bonds. The molecule has 1 saturated heterocycles. The summed E-state index contributed by atoms with van der Waals surface area (Å²) in [5.41, 5.74) is 5.72. The average molecular weight is 325 g/mol. The second-order valence-electron chi connectivity index (χ2n) is 5.51. The number of carbonyl (C=O) groups excluding carboxylic acids is 2. The monoisotopic (exact) mass is 324 g/mol. The minimum atomic E-state index is -0.395. The van der Waals surface area contributed by atoms with Crippen molar-refractivity contribution in [2.75, 3.05) is 13.3 Å². The Bertz CT molecular complexity index is 620. The van der Waals surface area contributed by atoms with Gasteiger partial charge in [-0.25, -0.2) is 0 Å². The fourth-order valence-electron chi connectivity index (χ4n) is 2.97. The van der Waals surface area contributed by atoms with Crippen LogP contribution in [0.1, 0.15) is 36.0 Å². The van der Waals surface area contributed by atoms with Crippen molar-refractivity contribution in [3.63, 3.8) is 0 Å². The Morgan fingerprint density at radius 1 is 1.32 bits per heavy atom. The van der Waals surface area contributed by atoms with Gasteiger partial charge in [0.25, 0.3) is 5.91 Å². The van der Waals surface area contributed by atoms with Crippen LogP contribution in [0.25, 0.3) is 0 Å². The van der Waals surface area contributed by atoms with Gasteiger partial charge >= 0.3 is 0 Å². The van der Waals surface area contributed by atoms with Gasteiger partial charge in [0.15, 0.2) is 11.5 Å². The van der Waals surface area contributed by atoms with Crippen molar-refractivity contribution in [3.05, 3.63) is 22.7 Å². The van der Waals surface area contributed by atoms with Crippen molar-refractivity contribution >= 4 is 23.4 Å². The number of fused-ring (bicyclic) bond motifs is 1. The summed E-state index contributed by atoms with van der Waals surface area (Å²) in [5, 5.41) is 0.349. The van der Waals surface area contributed by atoms with Gasteiger partial charge in [-0.15, -0.1) is 0 Å². The predicted molar refractivity (Wildman–Crippen MR) is 80.1 cm³/mol. The lowest BCUT2D eigenvalue weighted by Crippen LogP contribution is -2.45. The largest absolute Gasteiger partial charge is 0.454 e. The molecule has 1 aromatic carbocycles. The van der Waals surface area contributed by atoms with Crippen LogP contribution < -0.4 is 15.2 Å². The molecule has 118 valence electrons. The number of carbonyl (C=O) groups is 2. The molecule has 6 nitrogen and oxygen atoms in total. The summed E-state index contributed by atoms with van der Waals surface area (Å²) >= 11 is 6.13. The molecule has 1 fully saturated rings. The van der Waals surface area contributed by atoms with Gasteiger partial charge in [0.05, 0.1) is 5.02 Å². The van der Waals surface area contributed by atoms with Gasteiger partial charge in [-0.2, -0.15) is 0 Å². The summed E-state index contributed by atoms with van der Waals surface area (Å²) in [6.07, 6.45) is 2.87. The first-order chi connectivity index (χ1) is 10.6. The maximum Gasteiger partial charge on any atom is 0.254 e. The molecular formula is C15H17ClN2O4. The highest BCUT2D eigenvalue weighted by Gasteiger charge is 2.30. The number of nitrogens with two attached hydrogens (primary N) is 1. The number of rotatable bonds is 3. The molecule has 1 atom stereocenters. The SMILES string of the molecule is NC(=O)C[C@@H]1CCCCN1C(=O)c1cc(Cl)c2c(c1)OCO2. The molecule has 2 aliphatic heterocycles. The van der Waals surface area contributed by atoms with E-state index < -0.39 is 5.91 Å². The molecule has 0 aliphatic carbocycles. The highest BCUT2D eigenvalue weighted by molar-refractivity contribution is 6.32. The summed E-state index contributed by atoms with van der Waals surface area (Å²) in [6.45, 7) is 0.712. The third kappa shape index (κ3) is 2.83. The van der Waals surface area contributed by atoms with E-state index in [1.165, 1.54) is 0 Å². The summed E-state index contributed by atoms with van der Waals surface area (Å²) in [5.74, 6) is 0.379. The maximum atomic E-state index is 12.8. The number of hydrogen-bond acceptors (Lipinski definition) is 4. The highest BCUT2D eigenvalue weighted by Crippen LogP contribution is 2.40. The smallest absolute Gasteiger partial charge is 0.254 e. The van der Waals surface area contributed by atoms with Gasteiger partial charge in [-0.1, -0.05) is 11.6 Å². The summed E-state index contributed by atoms with van der Waals surface area (Å²) in [6, 6.07) is 3.06. The first-order valence-electron chi connectivity index (χ1n) is 7.24. The number of ether oxygens (including phenoxy) is 2. The Kier molecular flexibility index (Phi) is 4.11. The number of halogens is 1. The minimum absolute atomic E-state index is 0.0979. The molecule has 0 spiro atoms. The molecule has 3 rings (SSSR count). The Hall–Kier alpha value is -1.95. The van der Waals surface area contributed by atoms with E-state index in [-0.39, 0.29) is 25.2 Å². The highest BCUT2D eigenvalue weighted by atomic mass is 35.5.